The molecule has 2 aromatic carbocycles. The second-order valence-corrected chi connectivity index (χ2v) is 6.33. The van der Waals surface area contributed by atoms with Gasteiger partial charge in [-0.3, -0.25) is 4.79 Å². The SMILES string of the molecule is Cc1ccc(-c2nnc3sc(-c4cccc(O)c4)nn3c2=O)cc1. The van der Waals surface area contributed by atoms with E-state index in [1.165, 1.54) is 15.9 Å². The fraction of sp³-hybridized carbons (Fsp3) is 0.0588. The topological polar surface area (TPSA) is 80.4 Å². The van der Waals surface area contributed by atoms with Crippen molar-refractivity contribution >= 4 is 16.3 Å². The van der Waals surface area contributed by atoms with Crippen molar-refractivity contribution in [2.45, 2.75) is 6.92 Å². The van der Waals surface area contributed by atoms with E-state index in [9.17, 15) is 9.90 Å². The van der Waals surface area contributed by atoms with Gasteiger partial charge in [-0.15, -0.1) is 10.2 Å². The summed E-state index contributed by atoms with van der Waals surface area (Å²) >= 11 is 1.25. The van der Waals surface area contributed by atoms with Gasteiger partial charge < -0.3 is 5.11 Å². The summed E-state index contributed by atoms with van der Waals surface area (Å²) in [5.74, 6) is 0.144. The number of benzene rings is 2. The maximum absolute atomic E-state index is 12.7. The van der Waals surface area contributed by atoms with E-state index in [1.54, 1.807) is 18.2 Å². The van der Waals surface area contributed by atoms with Gasteiger partial charge in [0.15, 0.2) is 5.69 Å². The molecule has 0 fully saturated rings. The van der Waals surface area contributed by atoms with Gasteiger partial charge in [0.05, 0.1) is 0 Å². The Morgan fingerprint density at radius 3 is 2.58 bits per heavy atom. The van der Waals surface area contributed by atoms with Crippen LogP contribution in [0.25, 0.3) is 26.8 Å². The molecule has 6 nitrogen and oxygen atoms in total. The molecule has 0 unspecified atom stereocenters. The number of aromatic nitrogens is 4. The van der Waals surface area contributed by atoms with Gasteiger partial charge in [0.1, 0.15) is 10.8 Å². The molecular weight excluding hydrogens is 324 g/mol. The standard InChI is InChI=1S/C17H12N4O2S/c1-10-5-7-11(8-6-10)14-16(23)21-17(19-18-14)24-15(20-21)12-3-2-4-13(22)9-12/h2-9,22H,1H3. The Hall–Kier alpha value is -3.06. The molecule has 0 aliphatic carbocycles. The summed E-state index contributed by atoms with van der Waals surface area (Å²) in [5.41, 5.74) is 2.49. The highest BCUT2D eigenvalue weighted by molar-refractivity contribution is 7.19. The van der Waals surface area contributed by atoms with E-state index >= 15 is 0 Å². The first-order valence-electron chi connectivity index (χ1n) is 7.25. The summed E-state index contributed by atoms with van der Waals surface area (Å²) in [7, 11) is 0. The first kappa shape index (κ1) is 14.5. The van der Waals surface area contributed by atoms with Crippen molar-refractivity contribution in [2.75, 3.05) is 0 Å². The number of aryl methyl sites for hydroxylation is 1. The van der Waals surface area contributed by atoms with Crippen LogP contribution < -0.4 is 5.56 Å². The first-order valence-corrected chi connectivity index (χ1v) is 8.06. The van der Waals surface area contributed by atoms with Crippen LogP contribution in [0, 0.1) is 6.92 Å². The number of hydrogen-bond acceptors (Lipinski definition) is 6. The molecule has 2 aromatic heterocycles. The van der Waals surface area contributed by atoms with Gasteiger partial charge in [-0.25, -0.2) is 0 Å². The van der Waals surface area contributed by atoms with Crippen molar-refractivity contribution < 1.29 is 5.11 Å². The van der Waals surface area contributed by atoms with Crippen LogP contribution in [0.4, 0.5) is 0 Å². The molecule has 0 radical (unpaired) electrons. The highest BCUT2D eigenvalue weighted by Gasteiger charge is 2.14. The molecule has 0 bridgehead atoms. The van der Waals surface area contributed by atoms with Gasteiger partial charge in [-0.05, 0) is 19.1 Å². The Bertz CT molecular complexity index is 1100. The van der Waals surface area contributed by atoms with Gasteiger partial charge in [-0.1, -0.05) is 53.3 Å². The van der Waals surface area contributed by atoms with E-state index in [1.807, 2.05) is 37.3 Å². The summed E-state index contributed by atoms with van der Waals surface area (Å²) in [4.78, 5) is 13.1. The Morgan fingerprint density at radius 1 is 1.04 bits per heavy atom. The molecule has 4 aromatic rings. The number of rotatable bonds is 2. The molecule has 7 heteroatoms. The van der Waals surface area contributed by atoms with Crippen molar-refractivity contribution in [3.05, 3.63) is 64.4 Å². The lowest BCUT2D eigenvalue weighted by atomic mass is 10.1. The van der Waals surface area contributed by atoms with Crippen molar-refractivity contribution in [2.24, 2.45) is 0 Å². The lowest BCUT2D eigenvalue weighted by molar-refractivity contribution is 0.475. The molecule has 0 aliphatic heterocycles. The molecule has 2 heterocycles. The van der Waals surface area contributed by atoms with Gasteiger partial charge in [-0.2, -0.15) is 9.61 Å². The lowest BCUT2D eigenvalue weighted by Gasteiger charge is -1.99. The van der Waals surface area contributed by atoms with E-state index in [-0.39, 0.29) is 17.0 Å². The Kier molecular flexibility index (Phi) is 3.35. The lowest BCUT2D eigenvalue weighted by Crippen LogP contribution is -2.19. The van der Waals surface area contributed by atoms with Crippen molar-refractivity contribution in [3.8, 4) is 27.6 Å². The average Bonchev–Trinajstić information content (AvgIpc) is 3.02. The molecular formula is C17H12N4O2S. The monoisotopic (exact) mass is 336 g/mol. The normalized spacial score (nSPS) is 11.0. The van der Waals surface area contributed by atoms with Crippen LogP contribution in [-0.4, -0.2) is 24.9 Å². The van der Waals surface area contributed by atoms with Gasteiger partial charge in [0.2, 0.25) is 4.96 Å². The average molecular weight is 336 g/mol. The van der Waals surface area contributed by atoms with Gasteiger partial charge >= 0.3 is 5.56 Å². The molecule has 0 saturated heterocycles. The van der Waals surface area contributed by atoms with Crippen LogP contribution >= 0.6 is 11.3 Å². The largest absolute Gasteiger partial charge is 0.508 e. The zero-order valence-corrected chi connectivity index (χ0v) is 13.5. The number of hydrogen-bond donors (Lipinski definition) is 1. The summed E-state index contributed by atoms with van der Waals surface area (Å²) in [6.07, 6.45) is 0. The summed E-state index contributed by atoms with van der Waals surface area (Å²) in [6, 6.07) is 14.2. The minimum absolute atomic E-state index is 0.144. The summed E-state index contributed by atoms with van der Waals surface area (Å²) in [6.45, 7) is 1.98. The quantitative estimate of drug-likeness (QED) is 0.609. The molecule has 0 saturated carbocycles. The fourth-order valence-electron chi connectivity index (χ4n) is 2.36. The van der Waals surface area contributed by atoms with Crippen LogP contribution in [-0.2, 0) is 0 Å². The molecule has 0 atom stereocenters. The van der Waals surface area contributed by atoms with Crippen LogP contribution in [0.1, 0.15) is 5.56 Å². The second-order valence-electron chi connectivity index (χ2n) is 5.37. The van der Waals surface area contributed by atoms with E-state index < -0.39 is 0 Å². The highest BCUT2D eigenvalue weighted by atomic mass is 32.1. The summed E-state index contributed by atoms with van der Waals surface area (Å²) < 4.78 is 1.26. The molecule has 4 rings (SSSR count). The zero-order valence-electron chi connectivity index (χ0n) is 12.7. The van der Waals surface area contributed by atoms with E-state index in [0.717, 1.165) is 11.1 Å². The number of nitrogens with zero attached hydrogens (tertiary/aromatic N) is 4. The van der Waals surface area contributed by atoms with Gasteiger partial charge in [0, 0.05) is 11.1 Å². The number of phenols is 1. The van der Waals surface area contributed by atoms with Gasteiger partial charge in [0.25, 0.3) is 0 Å². The molecule has 118 valence electrons. The van der Waals surface area contributed by atoms with Crippen molar-refractivity contribution in [1.29, 1.82) is 0 Å². The third kappa shape index (κ3) is 2.44. The third-order valence-corrected chi connectivity index (χ3v) is 4.56. The highest BCUT2D eigenvalue weighted by Crippen LogP contribution is 2.26. The first-order chi connectivity index (χ1) is 11.6. The number of aromatic hydroxyl groups is 1. The molecule has 1 N–H and O–H groups in total. The van der Waals surface area contributed by atoms with Crippen LogP contribution in [0.2, 0.25) is 0 Å². The smallest absolute Gasteiger partial charge is 0.302 e. The Morgan fingerprint density at radius 2 is 1.83 bits per heavy atom. The molecule has 0 aliphatic rings. The van der Waals surface area contributed by atoms with E-state index in [0.29, 0.717) is 15.5 Å². The molecule has 0 amide bonds. The van der Waals surface area contributed by atoms with E-state index in [2.05, 4.69) is 15.3 Å². The van der Waals surface area contributed by atoms with Crippen molar-refractivity contribution in [1.82, 2.24) is 19.8 Å². The maximum atomic E-state index is 12.7. The predicted octanol–water partition coefficient (Wildman–Crippen LogP) is 2.89. The number of phenolic OH excluding ortho intramolecular Hbond substituents is 1. The number of fused-ring (bicyclic) bond motifs is 1. The zero-order chi connectivity index (χ0) is 16.7. The Labute approximate surface area is 140 Å². The summed E-state index contributed by atoms with van der Waals surface area (Å²) in [5, 5.41) is 22.7. The van der Waals surface area contributed by atoms with Crippen LogP contribution in [0.3, 0.4) is 0 Å². The van der Waals surface area contributed by atoms with Crippen molar-refractivity contribution in [3.63, 3.8) is 0 Å². The van der Waals surface area contributed by atoms with E-state index in [4.69, 9.17) is 0 Å². The molecule has 0 spiro atoms. The third-order valence-electron chi connectivity index (χ3n) is 3.61. The fourth-order valence-corrected chi connectivity index (χ4v) is 3.19. The van der Waals surface area contributed by atoms with Crippen LogP contribution in [0.5, 0.6) is 5.75 Å². The molecule has 24 heavy (non-hydrogen) atoms. The second kappa shape index (κ2) is 5.54. The van der Waals surface area contributed by atoms with Crippen LogP contribution in [0.15, 0.2) is 53.3 Å². The minimum Gasteiger partial charge on any atom is -0.508 e. The Balaban J connectivity index is 1.88. The minimum atomic E-state index is -0.313. The predicted molar refractivity (Wildman–Crippen MR) is 92.2 cm³/mol. The maximum Gasteiger partial charge on any atom is 0.302 e.